The number of halogens is 1. The van der Waals surface area contributed by atoms with Gasteiger partial charge in [-0.2, -0.15) is 0 Å². The molecule has 0 bridgehead atoms. The molecule has 0 heterocycles. The molecule has 13 heavy (non-hydrogen) atoms. The van der Waals surface area contributed by atoms with Crippen LogP contribution >= 0.6 is 11.6 Å². The normalized spacial score (nSPS) is 10.0. The monoisotopic (exact) mass is 200 g/mol. The fraction of sp³-hybridized carbons (Fsp3) is 0.400. The van der Waals surface area contributed by atoms with E-state index >= 15 is 0 Å². The van der Waals surface area contributed by atoms with Crippen LogP contribution in [0.15, 0.2) is 24.3 Å². The summed E-state index contributed by atoms with van der Waals surface area (Å²) in [7, 11) is 2.05. The van der Waals surface area contributed by atoms with Crippen LogP contribution in [0, 0.1) is 0 Å². The number of quaternary nitrogens is 1. The molecule has 1 rings (SSSR count). The van der Waals surface area contributed by atoms with E-state index in [1.807, 2.05) is 24.3 Å². The van der Waals surface area contributed by atoms with E-state index in [0.29, 0.717) is 5.02 Å². The van der Waals surface area contributed by atoms with Gasteiger partial charge in [-0.25, -0.2) is 0 Å². The fourth-order valence-electron chi connectivity index (χ4n) is 1.03. The smallest absolute Gasteiger partial charge is 0.137 e. The molecule has 1 aromatic rings. The Morgan fingerprint density at radius 1 is 1.38 bits per heavy atom. The first kappa shape index (κ1) is 10.4. The van der Waals surface area contributed by atoms with Gasteiger partial charge < -0.3 is 10.1 Å². The lowest BCUT2D eigenvalue weighted by Gasteiger charge is -2.06. The molecule has 0 fully saturated rings. The molecule has 0 amide bonds. The molecule has 1 aromatic carbocycles. The van der Waals surface area contributed by atoms with Crippen LogP contribution < -0.4 is 10.1 Å². The topological polar surface area (TPSA) is 25.8 Å². The number of para-hydroxylation sites is 1. The maximum absolute atomic E-state index is 5.90. The Kier molecular flexibility index (Phi) is 4.65. The van der Waals surface area contributed by atoms with Crippen molar-refractivity contribution in [2.45, 2.75) is 6.42 Å². The molecule has 2 nitrogen and oxygen atoms in total. The molecule has 0 aliphatic heterocycles. The zero-order valence-corrected chi connectivity index (χ0v) is 8.55. The molecule has 0 aliphatic carbocycles. The van der Waals surface area contributed by atoms with Crippen molar-refractivity contribution in [3.05, 3.63) is 29.3 Å². The van der Waals surface area contributed by atoms with Crippen molar-refractivity contribution >= 4 is 11.6 Å². The highest BCUT2D eigenvalue weighted by molar-refractivity contribution is 6.32. The van der Waals surface area contributed by atoms with E-state index in [4.69, 9.17) is 16.3 Å². The van der Waals surface area contributed by atoms with Crippen LogP contribution in [0.5, 0.6) is 5.75 Å². The van der Waals surface area contributed by atoms with Gasteiger partial charge in [-0.3, -0.25) is 0 Å². The third-order valence-corrected chi connectivity index (χ3v) is 2.04. The second-order valence-corrected chi connectivity index (χ2v) is 3.24. The van der Waals surface area contributed by atoms with Gasteiger partial charge in [-0.1, -0.05) is 23.7 Å². The Bertz CT molecular complexity index is 252. The van der Waals surface area contributed by atoms with Crippen LogP contribution in [-0.2, 0) is 0 Å². The van der Waals surface area contributed by atoms with Crippen molar-refractivity contribution < 1.29 is 10.1 Å². The summed E-state index contributed by atoms with van der Waals surface area (Å²) in [4.78, 5) is 0. The molecule has 3 heteroatoms. The maximum atomic E-state index is 5.90. The van der Waals surface area contributed by atoms with Crippen molar-refractivity contribution in [3.8, 4) is 5.75 Å². The van der Waals surface area contributed by atoms with Crippen LogP contribution in [0.25, 0.3) is 0 Å². The summed E-state index contributed by atoms with van der Waals surface area (Å²) >= 11 is 5.90. The molecule has 2 N–H and O–H groups in total. The molecule has 0 atom stereocenters. The van der Waals surface area contributed by atoms with Crippen LogP contribution in [0.2, 0.25) is 5.02 Å². The third kappa shape index (κ3) is 3.66. The van der Waals surface area contributed by atoms with E-state index in [1.54, 1.807) is 0 Å². The predicted octanol–water partition coefficient (Wildman–Crippen LogP) is 1.30. The molecule has 72 valence electrons. The lowest BCUT2D eigenvalue weighted by atomic mass is 10.3. The standard InChI is InChI=1S/C10H14ClNO/c1-12-7-4-8-13-10-6-3-2-5-9(10)11/h2-3,5-6,12H,4,7-8H2,1H3/p+1. The largest absolute Gasteiger partial charge is 0.492 e. The highest BCUT2D eigenvalue weighted by Crippen LogP contribution is 2.22. The van der Waals surface area contributed by atoms with Gasteiger partial charge in [-0.05, 0) is 12.1 Å². The molecule has 0 unspecified atom stereocenters. The number of hydrogen-bond acceptors (Lipinski definition) is 1. The third-order valence-electron chi connectivity index (χ3n) is 1.73. The zero-order valence-electron chi connectivity index (χ0n) is 7.79. The Hall–Kier alpha value is -0.730. The number of ether oxygens (including phenoxy) is 1. The van der Waals surface area contributed by atoms with Crippen molar-refractivity contribution in [2.24, 2.45) is 0 Å². The first-order chi connectivity index (χ1) is 6.34. The highest BCUT2D eigenvalue weighted by atomic mass is 35.5. The van der Waals surface area contributed by atoms with Crippen molar-refractivity contribution in [1.82, 2.24) is 0 Å². The lowest BCUT2D eigenvalue weighted by molar-refractivity contribution is -0.627. The van der Waals surface area contributed by atoms with Crippen LogP contribution in [0.1, 0.15) is 6.42 Å². The van der Waals surface area contributed by atoms with E-state index < -0.39 is 0 Å². The fourth-order valence-corrected chi connectivity index (χ4v) is 1.22. The van der Waals surface area contributed by atoms with Gasteiger partial charge in [-0.15, -0.1) is 0 Å². The number of benzene rings is 1. The summed E-state index contributed by atoms with van der Waals surface area (Å²) in [5.74, 6) is 0.778. The van der Waals surface area contributed by atoms with Gasteiger partial charge in [0.25, 0.3) is 0 Å². The predicted molar refractivity (Wildman–Crippen MR) is 54.3 cm³/mol. The number of hydrogen-bond donors (Lipinski definition) is 1. The maximum Gasteiger partial charge on any atom is 0.137 e. The second kappa shape index (κ2) is 5.84. The Morgan fingerprint density at radius 3 is 2.85 bits per heavy atom. The minimum Gasteiger partial charge on any atom is -0.492 e. The summed E-state index contributed by atoms with van der Waals surface area (Å²) in [6, 6.07) is 7.54. The Morgan fingerprint density at radius 2 is 2.15 bits per heavy atom. The zero-order chi connectivity index (χ0) is 9.52. The lowest BCUT2D eigenvalue weighted by Crippen LogP contribution is -2.79. The van der Waals surface area contributed by atoms with Crippen molar-refractivity contribution in [1.29, 1.82) is 0 Å². The second-order valence-electron chi connectivity index (χ2n) is 2.83. The SMILES string of the molecule is C[NH2+]CCCOc1ccccc1Cl. The van der Waals surface area contributed by atoms with Crippen LogP contribution in [-0.4, -0.2) is 20.2 Å². The molecule has 0 saturated carbocycles. The van der Waals surface area contributed by atoms with E-state index in [-0.39, 0.29) is 0 Å². The molecule has 0 saturated heterocycles. The molecule has 0 spiro atoms. The van der Waals surface area contributed by atoms with Crippen LogP contribution in [0.4, 0.5) is 0 Å². The Labute approximate surface area is 83.9 Å². The molecular weight excluding hydrogens is 186 g/mol. The average Bonchev–Trinajstić information content (AvgIpc) is 2.15. The van der Waals surface area contributed by atoms with Crippen molar-refractivity contribution in [3.63, 3.8) is 0 Å². The number of nitrogens with two attached hydrogens (primary N) is 1. The van der Waals surface area contributed by atoms with E-state index in [0.717, 1.165) is 25.3 Å². The summed E-state index contributed by atoms with van der Waals surface area (Å²) in [6.07, 6.45) is 1.04. The molecule has 0 aliphatic rings. The van der Waals surface area contributed by atoms with Crippen molar-refractivity contribution in [2.75, 3.05) is 20.2 Å². The van der Waals surface area contributed by atoms with Gasteiger partial charge >= 0.3 is 0 Å². The first-order valence-electron chi connectivity index (χ1n) is 4.49. The molecule has 0 aromatic heterocycles. The first-order valence-corrected chi connectivity index (χ1v) is 4.87. The number of rotatable bonds is 5. The molecule has 0 radical (unpaired) electrons. The Balaban J connectivity index is 2.32. The van der Waals surface area contributed by atoms with Gasteiger partial charge in [0.2, 0.25) is 0 Å². The quantitative estimate of drug-likeness (QED) is 0.713. The van der Waals surface area contributed by atoms with E-state index in [1.165, 1.54) is 0 Å². The minimum atomic E-state index is 0.683. The average molecular weight is 201 g/mol. The van der Waals surface area contributed by atoms with Crippen LogP contribution in [0.3, 0.4) is 0 Å². The minimum absolute atomic E-state index is 0.683. The summed E-state index contributed by atoms with van der Waals surface area (Å²) < 4.78 is 5.49. The summed E-state index contributed by atoms with van der Waals surface area (Å²) in [5, 5.41) is 2.82. The summed E-state index contributed by atoms with van der Waals surface area (Å²) in [5.41, 5.74) is 0. The molecular formula is C10H15ClNO+. The van der Waals surface area contributed by atoms with Gasteiger partial charge in [0.15, 0.2) is 0 Å². The van der Waals surface area contributed by atoms with Gasteiger partial charge in [0.1, 0.15) is 5.75 Å². The summed E-state index contributed by atoms with van der Waals surface area (Å²) in [6.45, 7) is 1.82. The van der Waals surface area contributed by atoms with E-state index in [2.05, 4.69) is 12.4 Å². The van der Waals surface area contributed by atoms with Gasteiger partial charge in [0, 0.05) is 6.42 Å². The van der Waals surface area contributed by atoms with Gasteiger partial charge in [0.05, 0.1) is 25.2 Å². The highest BCUT2D eigenvalue weighted by Gasteiger charge is 1.98. The van der Waals surface area contributed by atoms with E-state index in [9.17, 15) is 0 Å².